The van der Waals surface area contributed by atoms with Gasteiger partial charge in [-0.3, -0.25) is 0 Å². The van der Waals surface area contributed by atoms with Crippen LogP contribution in [-0.4, -0.2) is 23.4 Å². The summed E-state index contributed by atoms with van der Waals surface area (Å²) in [5, 5.41) is 1.94. The molecule has 2 N–H and O–H groups in total. The van der Waals surface area contributed by atoms with Gasteiger partial charge in [0.25, 0.3) is 0 Å². The number of aryl methyl sites for hydroxylation is 1. The first kappa shape index (κ1) is 11.5. The lowest BCUT2D eigenvalue weighted by Crippen LogP contribution is -2.24. The summed E-state index contributed by atoms with van der Waals surface area (Å²) < 4.78 is 0. The van der Waals surface area contributed by atoms with Crippen molar-refractivity contribution in [1.29, 1.82) is 0 Å². The molecule has 78 valence electrons. The number of hydrogen-bond acceptors (Lipinski definition) is 4. The summed E-state index contributed by atoms with van der Waals surface area (Å²) in [4.78, 5) is 8.52. The molecular formula is C9H17N3SSi. The second kappa shape index (κ2) is 4.31. The molecule has 0 aliphatic heterocycles. The Bertz CT molecular complexity index is 302. The maximum absolute atomic E-state index is 5.65. The van der Waals surface area contributed by atoms with Crippen LogP contribution in [0, 0.1) is 6.92 Å². The van der Waals surface area contributed by atoms with E-state index in [1.54, 1.807) is 17.8 Å². The largest absolute Gasteiger partial charge is 0.384 e. The molecule has 1 heterocycles. The van der Waals surface area contributed by atoms with Crippen molar-refractivity contribution in [1.82, 2.24) is 9.97 Å². The predicted molar refractivity (Wildman–Crippen MR) is 65.3 cm³/mol. The predicted octanol–water partition coefficient (Wildman–Crippen LogP) is 2.34. The Morgan fingerprint density at radius 2 is 2.00 bits per heavy atom. The second-order valence-electron chi connectivity index (χ2n) is 4.57. The van der Waals surface area contributed by atoms with E-state index in [2.05, 4.69) is 29.6 Å². The number of aromatic nitrogens is 2. The molecule has 0 atom stereocenters. The number of anilines is 1. The Balaban J connectivity index is 2.68. The first-order valence-electron chi connectivity index (χ1n) is 4.61. The van der Waals surface area contributed by atoms with Gasteiger partial charge in [-0.2, -0.15) is 0 Å². The van der Waals surface area contributed by atoms with E-state index in [9.17, 15) is 0 Å². The Kier molecular flexibility index (Phi) is 3.55. The van der Waals surface area contributed by atoms with Gasteiger partial charge in [0.1, 0.15) is 5.82 Å². The summed E-state index contributed by atoms with van der Waals surface area (Å²) in [7, 11) is -1.03. The molecule has 0 radical (unpaired) electrons. The maximum atomic E-state index is 5.65. The summed E-state index contributed by atoms with van der Waals surface area (Å²) in [6.45, 7) is 8.94. The van der Waals surface area contributed by atoms with Crippen molar-refractivity contribution in [3.63, 3.8) is 0 Å². The van der Waals surface area contributed by atoms with Crippen molar-refractivity contribution >= 4 is 25.7 Å². The summed E-state index contributed by atoms with van der Waals surface area (Å²) in [6, 6.07) is 1.79. The number of nitrogens with zero attached hydrogens (tertiary/aromatic N) is 2. The number of nitrogen functional groups attached to an aromatic ring is 1. The van der Waals surface area contributed by atoms with E-state index in [1.807, 2.05) is 6.92 Å². The number of nitrogens with two attached hydrogens (primary N) is 1. The monoisotopic (exact) mass is 227 g/mol. The zero-order chi connectivity index (χ0) is 10.8. The van der Waals surface area contributed by atoms with Gasteiger partial charge in [-0.15, -0.1) is 0 Å². The highest BCUT2D eigenvalue weighted by atomic mass is 32.2. The molecule has 0 fully saturated rings. The minimum Gasteiger partial charge on any atom is -0.384 e. The van der Waals surface area contributed by atoms with Gasteiger partial charge in [0, 0.05) is 11.8 Å². The van der Waals surface area contributed by atoms with Crippen LogP contribution in [0.1, 0.15) is 5.69 Å². The van der Waals surface area contributed by atoms with Crippen molar-refractivity contribution in [2.75, 3.05) is 11.1 Å². The van der Waals surface area contributed by atoms with Gasteiger partial charge in [0.15, 0.2) is 5.16 Å². The third-order valence-electron chi connectivity index (χ3n) is 1.49. The molecule has 0 bridgehead atoms. The van der Waals surface area contributed by atoms with Crippen molar-refractivity contribution in [3.8, 4) is 0 Å². The zero-order valence-corrected chi connectivity index (χ0v) is 11.0. The number of rotatable bonds is 3. The van der Waals surface area contributed by atoms with Crippen LogP contribution in [-0.2, 0) is 0 Å². The second-order valence-corrected chi connectivity index (χ2v) is 11.5. The lowest BCUT2D eigenvalue weighted by Gasteiger charge is -2.14. The van der Waals surface area contributed by atoms with Gasteiger partial charge >= 0.3 is 0 Å². The van der Waals surface area contributed by atoms with Crippen molar-refractivity contribution in [3.05, 3.63) is 11.8 Å². The van der Waals surface area contributed by atoms with Crippen LogP contribution < -0.4 is 5.73 Å². The van der Waals surface area contributed by atoms with Gasteiger partial charge in [-0.25, -0.2) is 9.97 Å². The van der Waals surface area contributed by atoms with Crippen LogP contribution in [0.3, 0.4) is 0 Å². The molecule has 0 aromatic carbocycles. The molecule has 0 saturated carbocycles. The Morgan fingerprint density at radius 3 is 2.50 bits per heavy atom. The summed E-state index contributed by atoms with van der Waals surface area (Å²) >= 11 is 1.72. The summed E-state index contributed by atoms with van der Waals surface area (Å²) in [5.41, 5.74) is 6.59. The first-order valence-corrected chi connectivity index (χ1v) is 9.30. The molecule has 14 heavy (non-hydrogen) atoms. The van der Waals surface area contributed by atoms with Crippen LogP contribution in [0.25, 0.3) is 0 Å². The molecular weight excluding hydrogens is 210 g/mol. The van der Waals surface area contributed by atoms with E-state index >= 15 is 0 Å². The van der Waals surface area contributed by atoms with Gasteiger partial charge in [0.2, 0.25) is 0 Å². The molecule has 5 heteroatoms. The third-order valence-corrected chi connectivity index (χ3v) is 5.97. The fraction of sp³-hybridized carbons (Fsp3) is 0.556. The van der Waals surface area contributed by atoms with E-state index in [0.717, 1.165) is 16.2 Å². The van der Waals surface area contributed by atoms with Gasteiger partial charge in [-0.05, 0) is 12.3 Å². The average molecular weight is 227 g/mol. The fourth-order valence-electron chi connectivity index (χ4n) is 0.910. The molecule has 0 aliphatic carbocycles. The SMILES string of the molecule is Cc1cc(N)nc(SC[Si](C)(C)C)n1. The lowest BCUT2D eigenvalue weighted by molar-refractivity contribution is 0.942. The average Bonchev–Trinajstić information content (AvgIpc) is 1.97. The Hall–Kier alpha value is -0.553. The van der Waals surface area contributed by atoms with Crippen LogP contribution in [0.5, 0.6) is 0 Å². The number of hydrogen-bond donors (Lipinski definition) is 1. The molecule has 1 rings (SSSR count). The minimum absolute atomic E-state index is 0.565. The minimum atomic E-state index is -1.03. The van der Waals surface area contributed by atoms with Crippen LogP contribution in [0.4, 0.5) is 5.82 Å². The first-order chi connectivity index (χ1) is 6.37. The quantitative estimate of drug-likeness (QED) is 0.489. The standard InChI is InChI=1S/C9H17N3SSi/c1-7-5-8(10)12-9(11-7)13-6-14(2,3)4/h5H,6H2,1-4H3,(H2,10,11,12). The molecule has 0 spiro atoms. The molecule has 0 unspecified atom stereocenters. The summed E-state index contributed by atoms with van der Waals surface area (Å²) in [5.74, 6) is 0.565. The molecule has 1 aromatic heterocycles. The van der Waals surface area contributed by atoms with Gasteiger partial charge in [-0.1, -0.05) is 31.4 Å². The maximum Gasteiger partial charge on any atom is 0.189 e. The van der Waals surface area contributed by atoms with E-state index in [-0.39, 0.29) is 0 Å². The summed E-state index contributed by atoms with van der Waals surface area (Å²) in [6.07, 6.45) is 0. The number of thioether (sulfide) groups is 1. The van der Waals surface area contributed by atoms with E-state index in [0.29, 0.717) is 5.82 Å². The van der Waals surface area contributed by atoms with Gasteiger partial charge in [0.05, 0.1) is 8.07 Å². The fourth-order valence-corrected chi connectivity index (χ4v) is 3.54. The van der Waals surface area contributed by atoms with Crippen molar-refractivity contribution < 1.29 is 0 Å². The Labute approximate surface area is 90.5 Å². The lowest BCUT2D eigenvalue weighted by atomic mass is 10.4. The zero-order valence-electron chi connectivity index (χ0n) is 9.16. The van der Waals surface area contributed by atoms with Crippen LogP contribution in [0.2, 0.25) is 19.6 Å². The molecule has 1 aromatic rings. The molecule has 0 amide bonds. The van der Waals surface area contributed by atoms with Crippen molar-refractivity contribution in [2.45, 2.75) is 31.7 Å². The molecule has 0 aliphatic rings. The highest BCUT2D eigenvalue weighted by Gasteiger charge is 2.14. The Morgan fingerprint density at radius 1 is 1.36 bits per heavy atom. The molecule has 0 saturated heterocycles. The van der Waals surface area contributed by atoms with Crippen LogP contribution >= 0.6 is 11.8 Å². The van der Waals surface area contributed by atoms with Crippen molar-refractivity contribution in [2.24, 2.45) is 0 Å². The van der Waals surface area contributed by atoms with E-state index in [1.165, 1.54) is 0 Å². The third kappa shape index (κ3) is 4.10. The molecule has 3 nitrogen and oxygen atoms in total. The van der Waals surface area contributed by atoms with Gasteiger partial charge < -0.3 is 5.73 Å². The highest BCUT2D eigenvalue weighted by molar-refractivity contribution is 8.00. The smallest absolute Gasteiger partial charge is 0.189 e. The van der Waals surface area contributed by atoms with Crippen LogP contribution in [0.15, 0.2) is 11.2 Å². The van der Waals surface area contributed by atoms with E-state index < -0.39 is 8.07 Å². The normalized spacial score (nSPS) is 11.7. The van der Waals surface area contributed by atoms with E-state index in [4.69, 9.17) is 5.73 Å². The topological polar surface area (TPSA) is 51.8 Å². The highest BCUT2D eigenvalue weighted by Crippen LogP contribution is 2.19.